The predicted molar refractivity (Wildman–Crippen MR) is 146 cm³/mol. The third-order valence-corrected chi connectivity index (χ3v) is 7.73. The highest BCUT2D eigenvalue weighted by atomic mass is 32.2. The van der Waals surface area contributed by atoms with E-state index in [1.165, 1.54) is 12.1 Å². The Morgan fingerprint density at radius 1 is 1.13 bits per heavy atom. The Morgan fingerprint density at radius 2 is 1.82 bits per heavy atom. The van der Waals surface area contributed by atoms with Gasteiger partial charge in [0.05, 0.1) is 24.3 Å². The van der Waals surface area contributed by atoms with E-state index in [0.29, 0.717) is 24.1 Å². The molecular formula is C27H35F2N3O6S. The van der Waals surface area contributed by atoms with Crippen LogP contribution >= 0.6 is 0 Å². The van der Waals surface area contributed by atoms with Crippen molar-refractivity contribution < 1.29 is 39.4 Å². The first-order valence-electron chi connectivity index (χ1n) is 12.5. The van der Waals surface area contributed by atoms with E-state index in [-0.39, 0.29) is 38.8 Å². The zero-order valence-electron chi connectivity index (χ0n) is 22.0. The van der Waals surface area contributed by atoms with Gasteiger partial charge in [0.2, 0.25) is 15.9 Å². The molecule has 39 heavy (non-hydrogen) atoms. The van der Waals surface area contributed by atoms with Gasteiger partial charge in [0.15, 0.2) is 11.5 Å². The van der Waals surface area contributed by atoms with Gasteiger partial charge in [-0.2, -0.15) is 0 Å². The summed E-state index contributed by atoms with van der Waals surface area (Å²) in [5.41, 5.74) is 1.80. The smallest absolute Gasteiger partial charge is 0.395 e. The van der Waals surface area contributed by atoms with Gasteiger partial charge in [-0.1, -0.05) is 26.8 Å². The Morgan fingerprint density at radius 3 is 2.46 bits per heavy atom. The number of nitrogens with zero attached hydrogens (tertiary/aromatic N) is 1. The first kappa shape index (κ1) is 27.4. The standard InChI is InChI=1S/C27H31F2N3O6S.2H2/c1-25(2,3)23-12-16-11-18(6-7-20(16)32(23)15-19(33)14-30-39(4,35)36)31-24(34)26(9-10-26)17-5-8-21-22(13-17)38-27(28,29)37-21;;/h5-8,11-13,19,30,33H,9-10,14-15H2,1-4H3,(H,31,34);2*1H. The Balaban J connectivity index is 0.00000231. The first-order valence-corrected chi connectivity index (χ1v) is 14.4. The molecule has 12 heteroatoms. The van der Waals surface area contributed by atoms with Crippen molar-refractivity contribution in [1.82, 2.24) is 9.29 Å². The Bertz CT molecular complexity index is 1570. The highest BCUT2D eigenvalue weighted by molar-refractivity contribution is 7.88. The quantitative estimate of drug-likeness (QED) is 0.373. The molecule has 0 saturated heterocycles. The normalized spacial score (nSPS) is 18.2. The van der Waals surface area contributed by atoms with Gasteiger partial charge in [-0.25, -0.2) is 13.1 Å². The molecule has 1 amide bonds. The van der Waals surface area contributed by atoms with Gasteiger partial charge in [0, 0.05) is 37.1 Å². The Kier molecular flexibility index (Phi) is 6.43. The summed E-state index contributed by atoms with van der Waals surface area (Å²) in [5.74, 6) is -0.407. The molecule has 2 heterocycles. The van der Waals surface area contributed by atoms with Gasteiger partial charge in [-0.05, 0) is 54.8 Å². The van der Waals surface area contributed by atoms with Crippen molar-refractivity contribution in [3.05, 3.63) is 53.7 Å². The van der Waals surface area contributed by atoms with Gasteiger partial charge in [0.25, 0.3) is 0 Å². The van der Waals surface area contributed by atoms with Gasteiger partial charge >= 0.3 is 6.29 Å². The molecule has 1 aromatic heterocycles. The number of hydrogen-bond donors (Lipinski definition) is 3. The second-order valence-corrected chi connectivity index (χ2v) is 13.1. The van der Waals surface area contributed by atoms with E-state index < -0.39 is 27.8 Å². The fourth-order valence-electron chi connectivity index (χ4n) is 4.96. The first-order chi connectivity index (χ1) is 18.1. The van der Waals surface area contributed by atoms with Crippen LogP contribution in [0.1, 0.15) is 47.7 Å². The summed E-state index contributed by atoms with van der Waals surface area (Å²) in [6.45, 7) is 6.19. The van der Waals surface area contributed by atoms with E-state index in [2.05, 4.69) is 19.5 Å². The molecule has 0 bridgehead atoms. The van der Waals surface area contributed by atoms with Gasteiger partial charge in [0.1, 0.15) is 0 Å². The van der Waals surface area contributed by atoms with E-state index >= 15 is 0 Å². The minimum Gasteiger partial charge on any atom is -0.395 e. The third kappa shape index (κ3) is 5.59. The predicted octanol–water partition coefficient (Wildman–Crippen LogP) is 4.33. The monoisotopic (exact) mass is 567 g/mol. The molecule has 2 aliphatic rings. The van der Waals surface area contributed by atoms with Gasteiger partial charge < -0.3 is 24.5 Å². The van der Waals surface area contributed by atoms with E-state index in [1.807, 2.05) is 43.5 Å². The Hall–Kier alpha value is -3.22. The van der Waals surface area contributed by atoms with Crippen LogP contribution in [0.15, 0.2) is 42.5 Å². The van der Waals surface area contributed by atoms with Crippen LogP contribution in [0.25, 0.3) is 10.9 Å². The highest BCUT2D eigenvalue weighted by Gasteiger charge is 2.52. The number of amides is 1. The number of benzene rings is 2. The number of alkyl halides is 2. The molecule has 3 N–H and O–H groups in total. The summed E-state index contributed by atoms with van der Waals surface area (Å²) in [7, 11) is -3.44. The average Bonchev–Trinajstić information content (AvgIpc) is 3.46. The molecule has 2 aromatic carbocycles. The largest absolute Gasteiger partial charge is 0.586 e. The summed E-state index contributed by atoms with van der Waals surface area (Å²) in [6, 6.07) is 11.9. The maximum Gasteiger partial charge on any atom is 0.586 e. The number of carbonyl (C=O) groups excluding carboxylic acids is 1. The number of aliphatic hydroxyl groups excluding tert-OH is 1. The van der Waals surface area contributed by atoms with Crippen LogP contribution in [0.5, 0.6) is 11.5 Å². The number of carbonyl (C=O) groups is 1. The van der Waals surface area contributed by atoms with Crippen molar-refractivity contribution in [2.24, 2.45) is 0 Å². The zero-order chi connectivity index (χ0) is 28.4. The lowest BCUT2D eigenvalue weighted by Crippen LogP contribution is -2.34. The molecular weight excluding hydrogens is 532 g/mol. The molecule has 1 saturated carbocycles. The van der Waals surface area contributed by atoms with Crippen molar-refractivity contribution >= 4 is 32.5 Å². The number of aliphatic hydroxyl groups is 1. The summed E-state index contributed by atoms with van der Waals surface area (Å²) >= 11 is 0. The van der Waals surface area contributed by atoms with E-state index in [4.69, 9.17) is 0 Å². The molecule has 0 spiro atoms. The maximum absolute atomic E-state index is 13.4. The number of ether oxygens (including phenoxy) is 2. The van der Waals surface area contributed by atoms with Crippen LogP contribution in [-0.4, -0.2) is 49.2 Å². The summed E-state index contributed by atoms with van der Waals surface area (Å²) in [6.07, 6.45) is -2.50. The third-order valence-electron chi connectivity index (χ3n) is 7.04. The van der Waals surface area contributed by atoms with E-state index in [0.717, 1.165) is 22.9 Å². The molecule has 0 radical (unpaired) electrons. The molecule has 9 nitrogen and oxygen atoms in total. The molecule has 214 valence electrons. The molecule has 1 aliphatic heterocycles. The van der Waals surface area contributed by atoms with Crippen molar-refractivity contribution in [3.8, 4) is 11.5 Å². The number of nitrogens with one attached hydrogen (secondary N) is 2. The molecule has 1 aliphatic carbocycles. The molecule has 1 atom stereocenters. The van der Waals surface area contributed by atoms with Crippen LogP contribution in [0.4, 0.5) is 14.5 Å². The van der Waals surface area contributed by atoms with E-state index in [1.54, 1.807) is 12.1 Å². The Labute approximate surface area is 228 Å². The number of anilines is 1. The summed E-state index contributed by atoms with van der Waals surface area (Å²) < 4.78 is 63.1. The zero-order valence-corrected chi connectivity index (χ0v) is 22.9. The fourth-order valence-corrected chi connectivity index (χ4v) is 5.45. The minimum absolute atomic E-state index is 0. The van der Waals surface area contributed by atoms with Crippen molar-refractivity contribution in [1.29, 1.82) is 0 Å². The highest BCUT2D eigenvalue weighted by Crippen LogP contribution is 2.52. The number of sulfonamides is 1. The lowest BCUT2D eigenvalue weighted by atomic mass is 9.92. The van der Waals surface area contributed by atoms with Crippen molar-refractivity contribution in [2.75, 3.05) is 18.1 Å². The number of rotatable bonds is 8. The number of halogens is 2. The topological polar surface area (TPSA) is 119 Å². The second-order valence-electron chi connectivity index (χ2n) is 11.3. The lowest BCUT2D eigenvalue weighted by Gasteiger charge is -2.24. The van der Waals surface area contributed by atoms with Gasteiger partial charge in [-0.3, -0.25) is 4.79 Å². The summed E-state index contributed by atoms with van der Waals surface area (Å²) in [5, 5.41) is 14.3. The van der Waals surface area contributed by atoms with Gasteiger partial charge in [-0.15, -0.1) is 8.78 Å². The van der Waals surface area contributed by atoms with Crippen LogP contribution < -0.4 is 19.5 Å². The van der Waals surface area contributed by atoms with Crippen LogP contribution in [0, 0.1) is 0 Å². The van der Waals surface area contributed by atoms with Crippen LogP contribution in [0.2, 0.25) is 0 Å². The van der Waals surface area contributed by atoms with Crippen LogP contribution in [-0.2, 0) is 32.2 Å². The second kappa shape index (κ2) is 9.17. The van der Waals surface area contributed by atoms with Crippen LogP contribution in [0.3, 0.4) is 0 Å². The number of aromatic nitrogens is 1. The summed E-state index contributed by atoms with van der Waals surface area (Å²) in [4.78, 5) is 13.4. The molecule has 1 unspecified atom stereocenters. The minimum atomic E-state index is -3.72. The number of hydrogen-bond acceptors (Lipinski definition) is 6. The SMILES string of the molecule is CC(C)(C)c1cc2cc(NC(=O)C3(c4ccc5c(c4)OC(F)(F)O5)CC3)ccc2n1CC(O)CNS(C)(=O)=O.[HH].[HH]. The van der Waals surface area contributed by atoms with E-state index in [9.17, 15) is 27.1 Å². The molecule has 1 fully saturated rings. The lowest BCUT2D eigenvalue weighted by molar-refractivity contribution is -0.286. The fraction of sp³-hybridized carbons (Fsp3) is 0.444. The number of fused-ring (bicyclic) bond motifs is 2. The van der Waals surface area contributed by atoms with Crippen molar-refractivity contribution in [2.45, 2.75) is 63.4 Å². The van der Waals surface area contributed by atoms with Crippen molar-refractivity contribution in [3.63, 3.8) is 0 Å². The molecule has 5 rings (SSSR count). The average molecular weight is 568 g/mol. The molecule has 3 aromatic rings. The maximum atomic E-state index is 13.4.